The minimum atomic E-state index is -0.0503. The fraction of sp³-hybridized carbons (Fsp3) is 0.733. The molecule has 1 heterocycles. The Balaban J connectivity index is 2.69. The Kier molecular flexibility index (Phi) is 6.78. The number of nitrogens with zero attached hydrogens (tertiary/aromatic N) is 3. The van der Waals surface area contributed by atoms with Crippen molar-refractivity contribution in [2.45, 2.75) is 47.1 Å². The SMILES string of the molecule is CC(C)CCN(CCC(C)C)c1ccc(CO)nn1. The van der Waals surface area contributed by atoms with Crippen molar-refractivity contribution in [2.75, 3.05) is 18.0 Å². The van der Waals surface area contributed by atoms with Crippen LogP contribution in [0.1, 0.15) is 46.2 Å². The largest absolute Gasteiger partial charge is 0.390 e. The fourth-order valence-corrected chi connectivity index (χ4v) is 1.77. The van der Waals surface area contributed by atoms with Crippen LogP contribution in [-0.4, -0.2) is 28.4 Å². The van der Waals surface area contributed by atoms with Gasteiger partial charge in [-0.1, -0.05) is 27.7 Å². The van der Waals surface area contributed by atoms with E-state index in [9.17, 15) is 0 Å². The molecule has 1 rings (SSSR count). The normalized spacial score (nSPS) is 11.3. The van der Waals surface area contributed by atoms with Crippen LogP contribution >= 0.6 is 0 Å². The smallest absolute Gasteiger partial charge is 0.151 e. The van der Waals surface area contributed by atoms with E-state index >= 15 is 0 Å². The van der Waals surface area contributed by atoms with E-state index in [-0.39, 0.29) is 6.61 Å². The van der Waals surface area contributed by atoms with Crippen LogP contribution < -0.4 is 4.90 Å². The fourth-order valence-electron chi connectivity index (χ4n) is 1.77. The molecule has 0 fully saturated rings. The molecule has 4 heteroatoms. The van der Waals surface area contributed by atoms with E-state index < -0.39 is 0 Å². The summed E-state index contributed by atoms with van der Waals surface area (Å²) >= 11 is 0. The quantitative estimate of drug-likeness (QED) is 0.785. The lowest BCUT2D eigenvalue weighted by Crippen LogP contribution is -2.28. The van der Waals surface area contributed by atoms with Crippen molar-refractivity contribution >= 4 is 5.82 Å². The third-order valence-electron chi connectivity index (χ3n) is 3.14. The minimum absolute atomic E-state index is 0.0503. The highest BCUT2D eigenvalue weighted by Gasteiger charge is 2.10. The molecule has 0 aliphatic heterocycles. The zero-order chi connectivity index (χ0) is 14.3. The topological polar surface area (TPSA) is 49.2 Å². The van der Waals surface area contributed by atoms with Gasteiger partial charge in [0.05, 0.1) is 12.3 Å². The number of hydrogen-bond donors (Lipinski definition) is 1. The van der Waals surface area contributed by atoms with Crippen LogP contribution in [0.5, 0.6) is 0 Å². The molecule has 0 saturated carbocycles. The van der Waals surface area contributed by atoms with Crippen molar-refractivity contribution in [3.63, 3.8) is 0 Å². The number of aliphatic hydroxyl groups is 1. The maximum Gasteiger partial charge on any atom is 0.151 e. The molecular formula is C15H27N3O. The summed E-state index contributed by atoms with van der Waals surface area (Å²) in [5.41, 5.74) is 0.622. The summed E-state index contributed by atoms with van der Waals surface area (Å²) < 4.78 is 0. The highest BCUT2D eigenvalue weighted by Crippen LogP contribution is 2.14. The van der Waals surface area contributed by atoms with E-state index in [2.05, 4.69) is 42.8 Å². The van der Waals surface area contributed by atoms with E-state index in [4.69, 9.17) is 5.11 Å². The lowest BCUT2D eigenvalue weighted by atomic mass is 10.1. The van der Waals surface area contributed by atoms with Crippen LogP contribution in [0.2, 0.25) is 0 Å². The first kappa shape index (κ1) is 15.9. The highest BCUT2D eigenvalue weighted by atomic mass is 16.3. The molecule has 19 heavy (non-hydrogen) atoms. The van der Waals surface area contributed by atoms with Crippen LogP contribution in [0.4, 0.5) is 5.82 Å². The molecule has 1 aromatic rings. The maximum atomic E-state index is 9.00. The number of aliphatic hydroxyl groups excluding tert-OH is 1. The minimum Gasteiger partial charge on any atom is -0.390 e. The molecule has 0 unspecified atom stereocenters. The first-order chi connectivity index (χ1) is 9.02. The van der Waals surface area contributed by atoms with Gasteiger partial charge in [-0.15, -0.1) is 5.10 Å². The van der Waals surface area contributed by atoms with Crippen molar-refractivity contribution in [1.82, 2.24) is 10.2 Å². The number of rotatable bonds is 8. The van der Waals surface area contributed by atoms with Crippen LogP contribution in [-0.2, 0) is 6.61 Å². The van der Waals surface area contributed by atoms with Gasteiger partial charge >= 0.3 is 0 Å². The first-order valence-corrected chi connectivity index (χ1v) is 7.21. The molecular weight excluding hydrogens is 238 g/mol. The van der Waals surface area contributed by atoms with Gasteiger partial charge in [0.2, 0.25) is 0 Å². The molecule has 0 saturated heterocycles. The maximum absolute atomic E-state index is 9.00. The Bertz CT molecular complexity index is 337. The Morgan fingerprint density at radius 2 is 1.58 bits per heavy atom. The van der Waals surface area contributed by atoms with E-state index in [1.807, 2.05) is 12.1 Å². The van der Waals surface area contributed by atoms with Crippen LogP contribution in [0.15, 0.2) is 12.1 Å². The van der Waals surface area contributed by atoms with Gasteiger partial charge in [0, 0.05) is 13.1 Å². The molecule has 0 bridgehead atoms. The zero-order valence-electron chi connectivity index (χ0n) is 12.6. The predicted octanol–water partition coefficient (Wildman–Crippen LogP) is 2.87. The second kappa shape index (κ2) is 8.10. The van der Waals surface area contributed by atoms with Crippen LogP contribution in [0.3, 0.4) is 0 Å². The molecule has 0 atom stereocenters. The molecule has 0 spiro atoms. The second-order valence-electron chi connectivity index (χ2n) is 5.89. The Hall–Kier alpha value is -1.16. The van der Waals surface area contributed by atoms with E-state index in [0.717, 1.165) is 31.7 Å². The lowest BCUT2D eigenvalue weighted by Gasteiger charge is -2.25. The monoisotopic (exact) mass is 265 g/mol. The number of aromatic nitrogens is 2. The summed E-state index contributed by atoms with van der Waals surface area (Å²) in [5.74, 6) is 2.29. The number of hydrogen-bond acceptors (Lipinski definition) is 4. The van der Waals surface area contributed by atoms with Crippen LogP contribution in [0.25, 0.3) is 0 Å². The van der Waals surface area contributed by atoms with E-state index in [1.165, 1.54) is 0 Å². The molecule has 0 aromatic carbocycles. The van der Waals surface area contributed by atoms with E-state index in [0.29, 0.717) is 17.5 Å². The third kappa shape index (κ3) is 6.01. The summed E-state index contributed by atoms with van der Waals surface area (Å²) in [4.78, 5) is 2.30. The second-order valence-corrected chi connectivity index (χ2v) is 5.89. The van der Waals surface area contributed by atoms with Crippen molar-refractivity contribution in [2.24, 2.45) is 11.8 Å². The van der Waals surface area contributed by atoms with Crippen molar-refractivity contribution < 1.29 is 5.11 Å². The molecule has 0 aliphatic rings. The lowest BCUT2D eigenvalue weighted by molar-refractivity contribution is 0.275. The Morgan fingerprint density at radius 1 is 1.00 bits per heavy atom. The van der Waals surface area contributed by atoms with Gasteiger partial charge in [0.25, 0.3) is 0 Å². The summed E-state index contributed by atoms with van der Waals surface area (Å²) in [6.45, 7) is 10.9. The van der Waals surface area contributed by atoms with Crippen molar-refractivity contribution in [3.05, 3.63) is 17.8 Å². The van der Waals surface area contributed by atoms with Gasteiger partial charge in [-0.05, 0) is 36.8 Å². The van der Waals surface area contributed by atoms with Gasteiger partial charge < -0.3 is 10.0 Å². The van der Waals surface area contributed by atoms with Gasteiger partial charge in [0.15, 0.2) is 5.82 Å². The molecule has 1 aromatic heterocycles. The standard InChI is InChI=1S/C15H27N3O/c1-12(2)7-9-18(10-8-13(3)4)15-6-5-14(11-19)16-17-15/h5-6,12-13,19H,7-11H2,1-4H3. The summed E-state index contributed by atoms with van der Waals surface area (Å²) in [5, 5.41) is 17.3. The van der Waals surface area contributed by atoms with Crippen molar-refractivity contribution in [3.8, 4) is 0 Å². The highest BCUT2D eigenvalue weighted by molar-refractivity contribution is 5.37. The Labute approximate surface area is 116 Å². The molecule has 0 aliphatic carbocycles. The third-order valence-corrected chi connectivity index (χ3v) is 3.14. The summed E-state index contributed by atoms with van der Waals surface area (Å²) in [6.07, 6.45) is 2.31. The average molecular weight is 265 g/mol. The molecule has 4 nitrogen and oxygen atoms in total. The summed E-state index contributed by atoms with van der Waals surface area (Å²) in [6, 6.07) is 3.80. The summed E-state index contributed by atoms with van der Waals surface area (Å²) in [7, 11) is 0. The average Bonchev–Trinajstić information content (AvgIpc) is 2.38. The Morgan fingerprint density at radius 3 is 1.95 bits per heavy atom. The first-order valence-electron chi connectivity index (χ1n) is 7.21. The van der Waals surface area contributed by atoms with Gasteiger partial charge in [-0.3, -0.25) is 0 Å². The van der Waals surface area contributed by atoms with Crippen LogP contribution in [0, 0.1) is 11.8 Å². The van der Waals surface area contributed by atoms with Gasteiger partial charge in [0.1, 0.15) is 0 Å². The number of anilines is 1. The molecule has 1 N–H and O–H groups in total. The molecule has 108 valence electrons. The van der Waals surface area contributed by atoms with Crippen molar-refractivity contribution in [1.29, 1.82) is 0 Å². The molecule has 0 amide bonds. The predicted molar refractivity (Wildman–Crippen MR) is 79.1 cm³/mol. The zero-order valence-corrected chi connectivity index (χ0v) is 12.6. The van der Waals surface area contributed by atoms with Gasteiger partial charge in [-0.2, -0.15) is 5.10 Å². The van der Waals surface area contributed by atoms with Gasteiger partial charge in [-0.25, -0.2) is 0 Å². The van der Waals surface area contributed by atoms with E-state index in [1.54, 1.807) is 0 Å². The molecule has 0 radical (unpaired) electrons.